The molecule has 15 heavy (non-hydrogen) atoms. The predicted octanol–water partition coefficient (Wildman–Crippen LogP) is 1.99. The third-order valence-corrected chi connectivity index (χ3v) is 3.55. The van der Waals surface area contributed by atoms with E-state index in [-0.39, 0.29) is 11.9 Å². The van der Waals surface area contributed by atoms with Crippen LogP contribution in [0.5, 0.6) is 0 Å². The van der Waals surface area contributed by atoms with Crippen LogP contribution in [0.15, 0.2) is 5.38 Å². The SMILES string of the molecule is Cc1nc(CC(=O)C2OCCC2C)cs1. The lowest BCUT2D eigenvalue weighted by molar-refractivity contribution is -0.128. The van der Waals surface area contributed by atoms with Crippen molar-refractivity contribution >= 4 is 17.1 Å². The van der Waals surface area contributed by atoms with Crippen LogP contribution < -0.4 is 0 Å². The Bertz CT molecular complexity index is 361. The first kappa shape index (κ1) is 10.8. The second kappa shape index (κ2) is 4.41. The van der Waals surface area contributed by atoms with E-state index in [1.54, 1.807) is 11.3 Å². The number of aromatic nitrogens is 1. The Kier molecular flexibility index (Phi) is 3.17. The van der Waals surface area contributed by atoms with Crippen molar-refractivity contribution in [1.29, 1.82) is 0 Å². The van der Waals surface area contributed by atoms with Crippen LogP contribution in [-0.4, -0.2) is 23.5 Å². The van der Waals surface area contributed by atoms with Crippen LogP contribution in [0.2, 0.25) is 0 Å². The largest absolute Gasteiger partial charge is 0.370 e. The average molecular weight is 225 g/mol. The molecule has 1 aromatic heterocycles. The number of ketones is 1. The molecule has 0 spiro atoms. The molecule has 0 bridgehead atoms. The van der Waals surface area contributed by atoms with Gasteiger partial charge in [-0.2, -0.15) is 0 Å². The highest BCUT2D eigenvalue weighted by atomic mass is 32.1. The number of thiazole rings is 1. The molecular formula is C11H15NO2S. The van der Waals surface area contributed by atoms with E-state index in [1.165, 1.54) is 0 Å². The van der Waals surface area contributed by atoms with Gasteiger partial charge in [0.15, 0.2) is 5.78 Å². The summed E-state index contributed by atoms with van der Waals surface area (Å²) in [5.41, 5.74) is 0.880. The summed E-state index contributed by atoms with van der Waals surface area (Å²) in [6, 6.07) is 0. The van der Waals surface area contributed by atoms with E-state index in [9.17, 15) is 4.79 Å². The topological polar surface area (TPSA) is 39.2 Å². The Hall–Kier alpha value is -0.740. The van der Waals surface area contributed by atoms with E-state index < -0.39 is 0 Å². The van der Waals surface area contributed by atoms with E-state index in [4.69, 9.17) is 4.74 Å². The van der Waals surface area contributed by atoms with Gasteiger partial charge < -0.3 is 4.74 Å². The smallest absolute Gasteiger partial charge is 0.167 e. The molecule has 1 saturated heterocycles. The molecule has 1 aliphatic heterocycles. The van der Waals surface area contributed by atoms with E-state index in [2.05, 4.69) is 11.9 Å². The molecule has 3 nitrogen and oxygen atoms in total. The first-order chi connectivity index (χ1) is 7.16. The Morgan fingerprint density at radius 2 is 2.53 bits per heavy atom. The lowest BCUT2D eigenvalue weighted by atomic mass is 9.98. The lowest BCUT2D eigenvalue weighted by Gasteiger charge is -2.11. The minimum absolute atomic E-state index is 0.172. The van der Waals surface area contributed by atoms with Crippen LogP contribution in [0.1, 0.15) is 24.0 Å². The highest BCUT2D eigenvalue weighted by Crippen LogP contribution is 2.22. The van der Waals surface area contributed by atoms with Crippen molar-refractivity contribution in [1.82, 2.24) is 4.98 Å². The van der Waals surface area contributed by atoms with Crippen molar-refractivity contribution in [2.24, 2.45) is 5.92 Å². The van der Waals surface area contributed by atoms with Crippen molar-refractivity contribution in [3.8, 4) is 0 Å². The van der Waals surface area contributed by atoms with E-state index in [1.807, 2.05) is 12.3 Å². The fraction of sp³-hybridized carbons (Fsp3) is 0.636. The van der Waals surface area contributed by atoms with Gasteiger partial charge in [-0.15, -0.1) is 11.3 Å². The monoisotopic (exact) mass is 225 g/mol. The fourth-order valence-corrected chi connectivity index (χ4v) is 2.49. The standard InChI is InChI=1S/C11H15NO2S/c1-7-3-4-14-11(7)10(13)5-9-6-15-8(2)12-9/h6-7,11H,3-5H2,1-2H3. The number of Topliss-reactive ketones (excluding diaryl/α,β-unsaturated/α-hetero) is 1. The molecule has 2 unspecified atom stereocenters. The average Bonchev–Trinajstić information content (AvgIpc) is 2.75. The van der Waals surface area contributed by atoms with Gasteiger partial charge in [0.25, 0.3) is 0 Å². The highest BCUT2D eigenvalue weighted by molar-refractivity contribution is 7.09. The van der Waals surface area contributed by atoms with Gasteiger partial charge >= 0.3 is 0 Å². The maximum atomic E-state index is 11.9. The zero-order valence-electron chi connectivity index (χ0n) is 9.03. The summed E-state index contributed by atoms with van der Waals surface area (Å²) in [7, 11) is 0. The van der Waals surface area contributed by atoms with Gasteiger partial charge in [-0.05, 0) is 19.3 Å². The summed E-state index contributed by atoms with van der Waals surface area (Å²) in [4.78, 5) is 16.2. The van der Waals surface area contributed by atoms with Crippen molar-refractivity contribution in [3.05, 3.63) is 16.1 Å². The maximum absolute atomic E-state index is 11.9. The molecule has 4 heteroatoms. The maximum Gasteiger partial charge on any atom is 0.167 e. The zero-order valence-corrected chi connectivity index (χ0v) is 9.84. The van der Waals surface area contributed by atoms with Gasteiger partial charge in [-0.3, -0.25) is 4.79 Å². The van der Waals surface area contributed by atoms with Crippen LogP contribution in [0.25, 0.3) is 0 Å². The molecule has 1 fully saturated rings. The summed E-state index contributed by atoms with van der Waals surface area (Å²) in [5, 5.41) is 2.96. The van der Waals surface area contributed by atoms with Crippen LogP contribution >= 0.6 is 11.3 Å². The summed E-state index contributed by atoms with van der Waals surface area (Å²) >= 11 is 1.59. The number of ether oxygens (including phenoxy) is 1. The predicted molar refractivity (Wildman–Crippen MR) is 59.1 cm³/mol. The minimum Gasteiger partial charge on any atom is -0.370 e. The summed E-state index contributed by atoms with van der Waals surface area (Å²) in [6.07, 6.45) is 1.21. The number of rotatable bonds is 3. The molecule has 0 amide bonds. The van der Waals surface area contributed by atoms with Crippen LogP contribution in [-0.2, 0) is 16.0 Å². The highest BCUT2D eigenvalue weighted by Gasteiger charge is 2.30. The molecule has 2 heterocycles. The number of carbonyl (C=O) groups excluding carboxylic acids is 1. The van der Waals surface area contributed by atoms with Gasteiger partial charge in [-0.25, -0.2) is 4.98 Å². The molecule has 2 rings (SSSR count). The van der Waals surface area contributed by atoms with Crippen LogP contribution in [0.3, 0.4) is 0 Å². The molecule has 0 N–H and O–H groups in total. The fourth-order valence-electron chi connectivity index (χ4n) is 1.88. The molecule has 1 aromatic rings. The van der Waals surface area contributed by atoms with Crippen molar-refractivity contribution in [2.75, 3.05) is 6.61 Å². The van der Waals surface area contributed by atoms with Gasteiger partial charge in [-0.1, -0.05) is 6.92 Å². The van der Waals surface area contributed by atoms with Gasteiger partial charge in [0.05, 0.1) is 17.1 Å². The van der Waals surface area contributed by atoms with Crippen molar-refractivity contribution in [3.63, 3.8) is 0 Å². The van der Waals surface area contributed by atoms with Crippen LogP contribution in [0, 0.1) is 12.8 Å². The number of aryl methyl sites for hydroxylation is 1. The molecule has 82 valence electrons. The number of hydrogen-bond donors (Lipinski definition) is 0. The van der Waals surface area contributed by atoms with Gasteiger partial charge in [0.2, 0.25) is 0 Å². The van der Waals surface area contributed by atoms with Gasteiger partial charge in [0, 0.05) is 12.0 Å². The molecule has 2 atom stereocenters. The normalized spacial score (nSPS) is 25.7. The minimum atomic E-state index is -0.202. The Morgan fingerprint density at radius 3 is 3.07 bits per heavy atom. The molecular weight excluding hydrogens is 210 g/mol. The third kappa shape index (κ3) is 2.44. The quantitative estimate of drug-likeness (QED) is 0.789. The van der Waals surface area contributed by atoms with Crippen molar-refractivity contribution < 1.29 is 9.53 Å². The Morgan fingerprint density at radius 1 is 1.73 bits per heavy atom. The van der Waals surface area contributed by atoms with Crippen LogP contribution in [0.4, 0.5) is 0 Å². The van der Waals surface area contributed by atoms with E-state index >= 15 is 0 Å². The molecule has 0 saturated carbocycles. The third-order valence-electron chi connectivity index (χ3n) is 2.73. The summed E-state index contributed by atoms with van der Waals surface area (Å²) in [6.45, 7) is 4.74. The number of carbonyl (C=O) groups is 1. The van der Waals surface area contributed by atoms with E-state index in [0.717, 1.165) is 17.1 Å². The summed E-state index contributed by atoms with van der Waals surface area (Å²) < 4.78 is 5.43. The molecule has 0 aliphatic carbocycles. The molecule has 1 aliphatic rings. The van der Waals surface area contributed by atoms with Gasteiger partial charge in [0.1, 0.15) is 6.10 Å². The second-order valence-electron chi connectivity index (χ2n) is 4.06. The number of nitrogens with zero attached hydrogens (tertiary/aromatic N) is 1. The summed E-state index contributed by atoms with van der Waals surface area (Å²) in [5.74, 6) is 0.530. The first-order valence-corrected chi connectivity index (χ1v) is 6.10. The van der Waals surface area contributed by atoms with E-state index in [0.29, 0.717) is 18.9 Å². The van der Waals surface area contributed by atoms with Crippen molar-refractivity contribution in [2.45, 2.75) is 32.8 Å². The lowest BCUT2D eigenvalue weighted by Crippen LogP contribution is -2.26. The first-order valence-electron chi connectivity index (χ1n) is 5.22. The second-order valence-corrected chi connectivity index (χ2v) is 5.12. The molecule has 0 aromatic carbocycles. The number of hydrogen-bond acceptors (Lipinski definition) is 4. The molecule has 0 radical (unpaired) electrons. The Balaban J connectivity index is 1.97. The zero-order chi connectivity index (χ0) is 10.8. The Labute approximate surface area is 93.5 Å².